The number of nitrogens with zero attached hydrogens (tertiary/aromatic N) is 5. The molecule has 152 valence electrons. The zero-order chi connectivity index (χ0) is 19.9. The summed E-state index contributed by atoms with van der Waals surface area (Å²) in [5.41, 5.74) is 2.64. The molecule has 3 rings (SSSR count). The van der Waals surface area contributed by atoms with Crippen molar-refractivity contribution in [3.8, 4) is 0 Å². The van der Waals surface area contributed by atoms with Gasteiger partial charge in [-0.05, 0) is 38.0 Å². The van der Waals surface area contributed by atoms with Crippen molar-refractivity contribution >= 4 is 17.5 Å². The van der Waals surface area contributed by atoms with Crippen molar-refractivity contribution in [3.05, 3.63) is 46.5 Å². The minimum absolute atomic E-state index is 0.0426. The molecule has 0 unspecified atom stereocenters. The van der Waals surface area contributed by atoms with Gasteiger partial charge < -0.3 is 9.64 Å². The lowest BCUT2D eigenvalue weighted by molar-refractivity contribution is -0.132. The maximum atomic E-state index is 13.0. The second kappa shape index (κ2) is 10.0. The lowest BCUT2D eigenvalue weighted by atomic mass is 10.2. The van der Waals surface area contributed by atoms with Crippen LogP contribution in [0.1, 0.15) is 23.4 Å². The minimum atomic E-state index is 0.0426. The van der Waals surface area contributed by atoms with Crippen molar-refractivity contribution in [3.63, 3.8) is 0 Å². The molecule has 1 fully saturated rings. The topological polar surface area (TPSA) is 63.5 Å². The maximum absolute atomic E-state index is 13.0. The molecule has 0 N–H and O–H groups in total. The van der Waals surface area contributed by atoms with Gasteiger partial charge in [-0.15, -0.1) is 0 Å². The quantitative estimate of drug-likeness (QED) is 0.674. The van der Waals surface area contributed by atoms with E-state index < -0.39 is 0 Å². The second-order valence-corrected chi connectivity index (χ2v) is 7.50. The number of aromatic nitrogens is 3. The number of hydrogen-bond donors (Lipinski definition) is 0. The third kappa shape index (κ3) is 5.53. The Morgan fingerprint density at radius 1 is 1.25 bits per heavy atom. The summed E-state index contributed by atoms with van der Waals surface area (Å²) in [5.74, 6) is 0.0426. The molecule has 28 heavy (non-hydrogen) atoms. The first-order valence-electron chi connectivity index (χ1n) is 9.71. The van der Waals surface area contributed by atoms with Gasteiger partial charge in [0.15, 0.2) is 0 Å². The van der Waals surface area contributed by atoms with E-state index in [0.717, 1.165) is 56.2 Å². The predicted molar refractivity (Wildman–Crippen MR) is 108 cm³/mol. The van der Waals surface area contributed by atoms with Crippen molar-refractivity contribution in [1.29, 1.82) is 0 Å². The molecule has 0 saturated carbocycles. The van der Waals surface area contributed by atoms with Crippen LogP contribution in [-0.2, 0) is 22.6 Å². The number of hydrogen-bond acceptors (Lipinski definition) is 5. The van der Waals surface area contributed by atoms with Crippen molar-refractivity contribution in [2.75, 3.05) is 39.4 Å². The highest BCUT2D eigenvalue weighted by molar-refractivity contribution is 6.31. The summed E-state index contributed by atoms with van der Waals surface area (Å²) in [6.45, 7) is 9.68. The maximum Gasteiger partial charge on any atom is 0.244 e. The SMILES string of the molecule is Cc1nn(CC(=O)N(CCCN2CCOCC2)Cc2ccncc2)c(C)c1Cl. The Labute approximate surface area is 171 Å². The fraction of sp³-hybridized carbons (Fsp3) is 0.550. The number of amides is 1. The number of aryl methyl sites for hydroxylation is 1. The summed E-state index contributed by atoms with van der Waals surface area (Å²) < 4.78 is 7.10. The fourth-order valence-electron chi connectivity index (χ4n) is 3.37. The Balaban J connectivity index is 1.63. The summed E-state index contributed by atoms with van der Waals surface area (Å²) in [4.78, 5) is 21.4. The molecule has 0 atom stereocenters. The Hall–Kier alpha value is -1.96. The molecule has 3 heterocycles. The highest BCUT2D eigenvalue weighted by Crippen LogP contribution is 2.19. The van der Waals surface area contributed by atoms with Crippen LogP contribution in [0.4, 0.5) is 0 Å². The first-order chi connectivity index (χ1) is 13.5. The standard InChI is InChI=1S/C20H28ClN5O2/c1-16-20(21)17(2)26(23-16)15-19(27)25(14-18-4-6-22-7-5-18)9-3-8-24-10-12-28-13-11-24/h4-7H,3,8-15H2,1-2H3. The first-order valence-corrected chi connectivity index (χ1v) is 10.1. The third-order valence-electron chi connectivity index (χ3n) is 5.06. The lowest BCUT2D eigenvalue weighted by Gasteiger charge is -2.28. The number of morpholine rings is 1. The van der Waals surface area contributed by atoms with Crippen LogP contribution in [0, 0.1) is 13.8 Å². The lowest BCUT2D eigenvalue weighted by Crippen LogP contribution is -2.39. The summed E-state index contributed by atoms with van der Waals surface area (Å²) in [6.07, 6.45) is 4.44. The summed E-state index contributed by atoms with van der Waals surface area (Å²) in [5, 5.41) is 5.02. The molecule has 1 saturated heterocycles. The fourth-order valence-corrected chi connectivity index (χ4v) is 3.50. The Kier molecular flexibility index (Phi) is 7.42. The van der Waals surface area contributed by atoms with E-state index in [0.29, 0.717) is 18.1 Å². The van der Waals surface area contributed by atoms with Gasteiger partial charge in [0.2, 0.25) is 5.91 Å². The van der Waals surface area contributed by atoms with E-state index >= 15 is 0 Å². The second-order valence-electron chi connectivity index (χ2n) is 7.12. The molecule has 0 aromatic carbocycles. The van der Waals surface area contributed by atoms with Gasteiger partial charge in [-0.2, -0.15) is 5.10 Å². The van der Waals surface area contributed by atoms with Crippen molar-refractivity contribution in [1.82, 2.24) is 24.6 Å². The molecule has 8 heteroatoms. The summed E-state index contributed by atoms with van der Waals surface area (Å²) in [6, 6.07) is 3.89. The van der Waals surface area contributed by atoms with Crippen LogP contribution in [0.2, 0.25) is 5.02 Å². The highest BCUT2D eigenvalue weighted by atomic mass is 35.5. The van der Waals surface area contributed by atoms with Crippen LogP contribution in [0.3, 0.4) is 0 Å². The number of carbonyl (C=O) groups is 1. The molecular weight excluding hydrogens is 378 g/mol. The van der Waals surface area contributed by atoms with Gasteiger partial charge in [0.1, 0.15) is 6.54 Å². The van der Waals surface area contributed by atoms with Crippen LogP contribution >= 0.6 is 11.6 Å². The summed E-state index contributed by atoms with van der Waals surface area (Å²) in [7, 11) is 0. The zero-order valence-corrected chi connectivity index (χ0v) is 17.4. The molecule has 1 amide bonds. The zero-order valence-electron chi connectivity index (χ0n) is 16.6. The molecule has 1 aliphatic rings. The summed E-state index contributed by atoms with van der Waals surface area (Å²) >= 11 is 6.23. The van der Waals surface area contributed by atoms with Gasteiger partial charge in [0.25, 0.3) is 0 Å². The van der Waals surface area contributed by atoms with E-state index in [2.05, 4.69) is 15.0 Å². The van der Waals surface area contributed by atoms with Gasteiger partial charge in [0, 0.05) is 45.1 Å². The number of pyridine rings is 1. The number of halogens is 1. The average molecular weight is 406 g/mol. The number of rotatable bonds is 8. The van der Waals surface area contributed by atoms with Crippen LogP contribution in [0.15, 0.2) is 24.5 Å². The van der Waals surface area contributed by atoms with Gasteiger partial charge in [-0.1, -0.05) is 11.6 Å². The first kappa shape index (κ1) is 20.8. The average Bonchev–Trinajstić information content (AvgIpc) is 2.95. The third-order valence-corrected chi connectivity index (χ3v) is 5.61. The molecule has 7 nitrogen and oxygen atoms in total. The highest BCUT2D eigenvalue weighted by Gasteiger charge is 2.19. The molecule has 2 aromatic rings. The van der Waals surface area contributed by atoms with Crippen molar-refractivity contribution in [2.45, 2.75) is 33.4 Å². The van der Waals surface area contributed by atoms with E-state index in [-0.39, 0.29) is 12.5 Å². The monoisotopic (exact) mass is 405 g/mol. The van der Waals surface area contributed by atoms with E-state index in [1.54, 1.807) is 17.1 Å². The number of ether oxygens (including phenoxy) is 1. The Bertz CT molecular complexity index is 774. The van der Waals surface area contributed by atoms with E-state index in [4.69, 9.17) is 16.3 Å². The number of carbonyl (C=O) groups excluding carboxylic acids is 1. The van der Waals surface area contributed by atoms with Gasteiger partial charge in [-0.25, -0.2) is 0 Å². The molecule has 0 radical (unpaired) electrons. The van der Waals surface area contributed by atoms with Crippen LogP contribution in [0.25, 0.3) is 0 Å². The van der Waals surface area contributed by atoms with E-state index in [1.807, 2.05) is 30.9 Å². The van der Waals surface area contributed by atoms with E-state index in [1.165, 1.54) is 0 Å². The van der Waals surface area contributed by atoms with E-state index in [9.17, 15) is 4.79 Å². The predicted octanol–water partition coefficient (Wildman–Crippen LogP) is 2.30. The van der Waals surface area contributed by atoms with Gasteiger partial charge >= 0.3 is 0 Å². The van der Waals surface area contributed by atoms with Crippen molar-refractivity contribution in [2.24, 2.45) is 0 Å². The molecule has 0 bridgehead atoms. The normalized spacial score (nSPS) is 15.0. The van der Waals surface area contributed by atoms with Gasteiger partial charge in [-0.3, -0.25) is 19.4 Å². The molecular formula is C20H28ClN5O2. The Morgan fingerprint density at radius 2 is 1.96 bits per heavy atom. The Morgan fingerprint density at radius 3 is 2.61 bits per heavy atom. The molecule has 0 aliphatic carbocycles. The molecule has 0 spiro atoms. The molecule has 1 aliphatic heterocycles. The molecule has 2 aromatic heterocycles. The van der Waals surface area contributed by atoms with Crippen LogP contribution in [0.5, 0.6) is 0 Å². The van der Waals surface area contributed by atoms with Crippen molar-refractivity contribution < 1.29 is 9.53 Å². The van der Waals surface area contributed by atoms with Crippen LogP contribution in [-0.4, -0.2) is 69.9 Å². The van der Waals surface area contributed by atoms with Gasteiger partial charge in [0.05, 0.1) is 29.6 Å². The van der Waals surface area contributed by atoms with Crippen LogP contribution < -0.4 is 0 Å². The minimum Gasteiger partial charge on any atom is -0.379 e. The largest absolute Gasteiger partial charge is 0.379 e. The smallest absolute Gasteiger partial charge is 0.244 e.